The van der Waals surface area contributed by atoms with Crippen molar-refractivity contribution in [3.05, 3.63) is 40.3 Å². The van der Waals surface area contributed by atoms with Gasteiger partial charge >= 0.3 is 0 Å². The lowest BCUT2D eigenvalue weighted by atomic mass is 10.2. The maximum Gasteiger partial charge on any atom is 0.188 e. The maximum atomic E-state index is 6.27. The summed E-state index contributed by atoms with van der Waals surface area (Å²) in [5, 5.41) is 9.38. The molecule has 0 saturated carbocycles. The molecule has 0 spiro atoms. The molecule has 3 rings (SSSR count). The van der Waals surface area contributed by atoms with E-state index in [-0.39, 0.29) is 0 Å². The Labute approximate surface area is 123 Å². The third-order valence-electron chi connectivity index (χ3n) is 2.55. The Morgan fingerprint density at radius 1 is 1.21 bits per heavy atom. The maximum absolute atomic E-state index is 6.27. The minimum Gasteiger partial charge on any atom is -0.254 e. The summed E-state index contributed by atoms with van der Waals surface area (Å²) in [5.41, 5.74) is 1.58. The molecule has 96 valence electrons. The molecule has 0 saturated heterocycles. The van der Waals surface area contributed by atoms with Crippen LogP contribution in [-0.2, 0) is 0 Å². The van der Waals surface area contributed by atoms with Crippen molar-refractivity contribution in [1.82, 2.24) is 20.2 Å². The molecule has 0 atom stereocenters. The highest BCUT2D eigenvalue weighted by atomic mass is 35.5. The number of rotatable bonds is 2. The van der Waals surface area contributed by atoms with Crippen LogP contribution in [-0.4, -0.2) is 20.2 Å². The fourth-order valence-electron chi connectivity index (χ4n) is 1.78. The quantitative estimate of drug-likeness (QED) is 0.773. The summed E-state index contributed by atoms with van der Waals surface area (Å²) >= 11 is 13.9. The molecule has 2 aromatic heterocycles. The van der Waals surface area contributed by atoms with Crippen LogP contribution in [0.4, 0.5) is 0 Å². The number of H-pyrrole nitrogens is 1. The number of aromatic amines is 1. The first-order valence-corrected chi connectivity index (χ1v) is 7.01. The molecular weight excluding hydrogens is 303 g/mol. The van der Waals surface area contributed by atoms with Crippen molar-refractivity contribution in [3.63, 3.8) is 0 Å². The molecule has 0 unspecified atom stereocenters. The minimum atomic E-state index is 0.586. The largest absolute Gasteiger partial charge is 0.254 e. The summed E-state index contributed by atoms with van der Waals surface area (Å²) in [6.07, 6.45) is 1.47. The molecule has 1 N–H and O–H groups in total. The van der Waals surface area contributed by atoms with E-state index in [1.54, 1.807) is 12.1 Å². The van der Waals surface area contributed by atoms with Crippen LogP contribution in [0.5, 0.6) is 0 Å². The van der Waals surface area contributed by atoms with Crippen LogP contribution >= 0.6 is 35.0 Å². The van der Waals surface area contributed by atoms with E-state index in [1.807, 2.05) is 13.0 Å². The monoisotopic (exact) mass is 310 g/mol. The Morgan fingerprint density at radius 3 is 2.74 bits per heavy atom. The molecular formula is C12H8Cl2N4S. The Balaban J connectivity index is 2.25. The minimum absolute atomic E-state index is 0.586. The van der Waals surface area contributed by atoms with E-state index < -0.39 is 0 Å². The molecule has 0 aliphatic heterocycles. The number of hydrogen-bond acceptors (Lipinski definition) is 4. The SMILES string of the molecule is Cc1cc(Sc2ncn[nH]2)c2c(Cl)ccc(Cl)c2n1. The fourth-order valence-corrected chi connectivity index (χ4v) is 3.24. The molecule has 0 radical (unpaired) electrons. The lowest BCUT2D eigenvalue weighted by Crippen LogP contribution is -1.89. The predicted octanol–water partition coefficient (Wildman–Crippen LogP) is 4.12. The summed E-state index contributed by atoms with van der Waals surface area (Å²) in [7, 11) is 0. The normalized spacial score (nSPS) is 11.1. The first kappa shape index (κ1) is 12.7. The van der Waals surface area contributed by atoms with Crippen molar-refractivity contribution < 1.29 is 0 Å². The highest BCUT2D eigenvalue weighted by Gasteiger charge is 2.13. The molecule has 0 fully saturated rings. The van der Waals surface area contributed by atoms with Crippen molar-refractivity contribution in [2.45, 2.75) is 17.0 Å². The van der Waals surface area contributed by atoms with Gasteiger partial charge in [-0.25, -0.2) is 4.98 Å². The van der Waals surface area contributed by atoms with Crippen LogP contribution in [0.25, 0.3) is 10.9 Å². The Hall–Kier alpha value is -1.30. The second kappa shape index (κ2) is 5.00. The number of aromatic nitrogens is 4. The fraction of sp³-hybridized carbons (Fsp3) is 0.0833. The lowest BCUT2D eigenvalue weighted by Gasteiger charge is -2.08. The van der Waals surface area contributed by atoms with Gasteiger partial charge in [-0.1, -0.05) is 23.2 Å². The first-order valence-electron chi connectivity index (χ1n) is 5.44. The first-order chi connectivity index (χ1) is 9.15. The molecule has 4 nitrogen and oxygen atoms in total. The van der Waals surface area contributed by atoms with Crippen LogP contribution in [0.1, 0.15) is 5.69 Å². The molecule has 19 heavy (non-hydrogen) atoms. The number of halogens is 2. The zero-order valence-corrected chi connectivity index (χ0v) is 12.1. The van der Waals surface area contributed by atoms with Gasteiger partial charge in [-0.2, -0.15) is 5.10 Å². The third-order valence-corrected chi connectivity index (χ3v) is 4.10. The number of nitrogens with one attached hydrogen (secondary N) is 1. The Bertz CT molecular complexity index is 743. The average Bonchev–Trinajstić information content (AvgIpc) is 2.86. The summed E-state index contributed by atoms with van der Waals surface area (Å²) in [5.74, 6) is 0. The van der Waals surface area contributed by atoms with E-state index in [0.717, 1.165) is 16.0 Å². The van der Waals surface area contributed by atoms with Gasteiger partial charge in [0.2, 0.25) is 0 Å². The van der Waals surface area contributed by atoms with Crippen LogP contribution in [0.2, 0.25) is 10.0 Å². The number of fused-ring (bicyclic) bond motifs is 1. The van der Waals surface area contributed by atoms with E-state index in [1.165, 1.54) is 18.1 Å². The lowest BCUT2D eigenvalue weighted by molar-refractivity contribution is 0.973. The van der Waals surface area contributed by atoms with Crippen LogP contribution < -0.4 is 0 Å². The van der Waals surface area contributed by atoms with Crippen molar-refractivity contribution in [2.24, 2.45) is 0 Å². The van der Waals surface area contributed by atoms with Crippen molar-refractivity contribution in [2.75, 3.05) is 0 Å². The van der Waals surface area contributed by atoms with E-state index in [0.29, 0.717) is 20.7 Å². The van der Waals surface area contributed by atoms with Gasteiger partial charge in [-0.05, 0) is 36.9 Å². The van der Waals surface area contributed by atoms with Crippen LogP contribution in [0, 0.1) is 6.92 Å². The number of pyridine rings is 1. The Kier molecular flexibility index (Phi) is 3.35. The van der Waals surface area contributed by atoms with Gasteiger partial charge in [-0.3, -0.25) is 10.1 Å². The van der Waals surface area contributed by atoms with Gasteiger partial charge in [0.1, 0.15) is 6.33 Å². The summed E-state index contributed by atoms with van der Waals surface area (Å²) in [6, 6.07) is 5.48. The summed E-state index contributed by atoms with van der Waals surface area (Å²) in [4.78, 5) is 9.50. The van der Waals surface area contributed by atoms with Gasteiger partial charge < -0.3 is 0 Å². The molecule has 3 aromatic rings. The number of nitrogens with zero attached hydrogens (tertiary/aromatic N) is 3. The second-order valence-corrected chi connectivity index (χ2v) is 5.75. The number of benzene rings is 1. The highest BCUT2D eigenvalue weighted by molar-refractivity contribution is 7.99. The van der Waals surface area contributed by atoms with E-state index in [4.69, 9.17) is 23.2 Å². The predicted molar refractivity (Wildman–Crippen MR) is 77.0 cm³/mol. The third kappa shape index (κ3) is 2.41. The smallest absolute Gasteiger partial charge is 0.188 e. The van der Waals surface area contributed by atoms with Crippen LogP contribution in [0.3, 0.4) is 0 Å². The van der Waals surface area contributed by atoms with Crippen LogP contribution in [0.15, 0.2) is 34.6 Å². The highest BCUT2D eigenvalue weighted by Crippen LogP contribution is 2.38. The zero-order chi connectivity index (χ0) is 13.4. The average molecular weight is 311 g/mol. The van der Waals surface area contributed by atoms with Gasteiger partial charge in [0.05, 0.1) is 15.6 Å². The zero-order valence-electron chi connectivity index (χ0n) is 9.82. The molecule has 2 heterocycles. The number of aryl methyl sites for hydroxylation is 1. The van der Waals surface area contributed by atoms with Gasteiger partial charge in [0.25, 0.3) is 0 Å². The topological polar surface area (TPSA) is 54.5 Å². The van der Waals surface area contributed by atoms with E-state index in [2.05, 4.69) is 20.2 Å². The van der Waals surface area contributed by atoms with Gasteiger partial charge in [0.15, 0.2) is 5.16 Å². The second-order valence-electron chi connectivity index (χ2n) is 3.91. The molecule has 0 aliphatic rings. The molecule has 1 aromatic carbocycles. The summed E-state index contributed by atoms with van der Waals surface area (Å²) < 4.78 is 0. The van der Waals surface area contributed by atoms with Crippen molar-refractivity contribution in [1.29, 1.82) is 0 Å². The molecule has 7 heteroatoms. The van der Waals surface area contributed by atoms with Gasteiger partial charge in [0, 0.05) is 16.0 Å². The molecule has 0 amide bonds. The van der Waals surface area contributed by atoms with E-state index >= 15 is 0 Å². The standard InChI is InChI=1S/C12H8Cl2N4S/c1-6-4-9(19-12-15-5-16-18-12)10-7(13)2-3-8(14)11(10)17-6/h2-5H,1H3,(H,15,16,18). The number of hydrogen-bond donors (Lipinski definition) is 1. The van der Waals surface area contributed by atoms with E-state index in [9.17, 15) is 0 Å². The van der Waals surface area contributed by atoms with Gasteiger partial charge in [-0.15, -0.1) is 0 Å². The van der Waals surface area contributed by atoms with Crippen molar-refractivity contribution in [3.8, 4) is 0 Å². The van der Waals surface area contributed by atoms with Crippen molar-refractivity contribution >= 4 is 45.9 Å². The Morgan fingerprint density at radius 2 is 2.00 bits per heavy atom. The summed E-state index contributed by atoms with van der Waals surface area (Å²) in [6.45, 7) is 1.92. The molecule has 0 aliphatic carbocycles. The molecule has 0 bridgehead atoms.